The van der Waals surface area contributed by atoms with Gasteiger partial charge in [0.2, 0.25) is 0 Å². The summed E-state index contributed by atoms with van der Waals surface area (Å²) in [6, 6.07) is 10.0. The molecule has 0 saturated carbocycles. The third kappa shape index (κ3) is 4.45. The minimum absolute atomic E-state index is 0.0555. The predicted octanol–water partition coefficient (Wildman–Crippen LogP) is 3.10. The van der Waals surface area contributed by atoms with Crippen LogP contribution in [0.3, 0.4) is 0 Å². The van der Waals surface area contributed by atoms with Gasteiger partial charge in [-0.2, -0.15) is 0 Å². The first kappa shape index (κ1) is 14.8. The van der Waals surface area contributed by atoms with Crippen molar-refractivity contribution < 1.29 is 9.66 Å². The monoisotopic (exact) mass is 287 g/mol. The Morgan fingerprint density at radius 2 is 1.95 bits per heavy atom. The van der Waals surface area contributed by atoms with Crippen LogP contribution in [0.4, 0.5) is 11.5 Å². The van der Waals surface area contributed by atoms with E-state index < -0.39 is 4.92 Å². The number of nitro benzene ring substituents is 1. The number of hydrogen-bond donors (Lipinski definition) is 1. The summed E-state index contributed by atoms with van der Waals surface area (Å²) in [6.07, 6.45) is 0. The summed E-state index contributed by atoms with van der Waals surface area (Å²) in [7, 11) is 0. The Labute approximate surface area is 122 Å². The lowest BCUT2D eigenvalue weighted by Gasteiger charge is -2.09. The summed E-state index contributed by atoms with van der Waals surface area (Å²) < 4.78 is 5.51. The molecular weight excluding hydrogens is 270 g/mol. The number of rotatable bonds is 6. The molecule has 6 nitrogen and oxygen atoms in total. The minimum atomic E-state index is -0.433. The van der Waals surface area contributed by atoms with Crippen molar-refractivity contribution in [3.63, 3.8) is 0 Å². The largest absolute Gasteiger partial charge is 0.492 e. The summed E-state index contributed by atoms with van der Waals surface area (Å²) in [5, 5.41) is 13.7. The summed E-state index contributed by atoms with van der Waals surface area (Å²) in [5.41, 5.74) is 2.18. The van der Waals surface area contributed by atoms with Gasteiger partial charge < -0.3 is 10.1 Å². The van der Waals surface area contributed by atoms with Gasteiger partial charge >= 0.3 is 0 Å². The number of anilines is 1. The van der Waals surface area contributed by atoms with E-state index in [0.717, 1.165) is 17.1 Å². The van der Waals surface area contributed by atoms with Gasteiger partial charge in [0.15, 0.2) is 0 Å². The molecule has 0 bridgehead atoms. The number of aromatic nitrogens is 1. The van der Waals surface area contributed by atoms with Crippen LogP contribution in [0.25, 0.3) is 0 Å². The molecule has 0 amide bonds. The zero-order chi connectivity index (χ0) is 15.2. The summed E-state index contributed by atoms with van der Waals surface area (Å²) in [6.45, 7) is 5.03. The molecule has 6 heteroatoms. The van der Waals surface area contributed by atoms with E-state index >= 15 is 0 Å². The van der Waals surface area contributed by atoms with Crippen LogP contribution in [0, 0.1) is 24.0 Å². The Bertz CT molecular complexity index is 606. The number of hydrogen-bond acceptors (Lipinski definition) is 5. The highest BCUT2D eigenvalue weighted by atomic mass is 16.6. The summed E-state index contributed by atoms with van der Waals surface area (Å²) in [4.78, 5) is 14.5. The second-order valence-electron chi connectivity index (χ2n) is 4.70. The Morgan fingerprint density at radius 3 is 2.57 bits per heavy atom. The number of benzene rings is 1. The standard InChI is InChI=1S/C15H17N3O3/c1-11-9-12(2)17-15(10-11)16-7-8-21-14-5-3-13(4-6-14)18(19)20/h3-6,9-10H,7-8H2,1-2H3,(H,16,17). The second kappa shape index (κ2) is 6.69. The average molecular weight is 287 g/mol. The van der Waals surface area contributed by atoms with Gasteiger partial charge in [-0.25, -0.2) is 4.98 Å². The zero-order valence-corrected chi connectivity index (χ0v) is 12.0. The van der Waals surface area contributed by atoms with Crippen molar-refractivity contribution in [2.75, 3.05) is 18.5 Å². The van der Waals surface area contributed by atoms with Crippen LogP contribution in [-0.2, 0) is 0 Å². The first-order valence-electron chi connectivity index (χ1n) is 6.61. The maximum Gasteiger partial charge on any atom is 0.269 e. The number of aryl methyl sites for hydroxylation is 2. The second-order valence-corrected chi connectivity index (χ2v) is 4.70. The first-order valence-corrected chi connectivity index (χ1v) is 6.61. The Hall–Kier alpha value is -2.63. The molecule has 1 N–H and O–H groups in total. The lowest BCUT2D eigenvalue weighted by atomic mass is 10.2. The third-order valence-corrected chi connectivity index (χ3v) is 2.82. The molecule has 0 radical (unpaired) electrons. The van der Waals surface area contributed by atoms with E-state index in [-0.39, 0.29) is 5.69 Å². The predicted molar refractivity (Wildman–Crippen MR) is 80.8 cm³/mol. The average Bonchev–Trinajstić information content (AvgIpc) is 2.43. The Kier molecular flexibility index (Phi) is 4.71. The zero-order valence-electron chi connectivity index (χ0n) is 12.0. The van der Waals surface area contributed by atoms with Crippen molar-refractivity contribution in [3.8, 4) is 5.75 Å². The van der Waals surface area contributed by atoms with E-state index in [4.69, 9.17) is 4.74 Å². The SMILES string of the molecule is Cc1cc(C)nc(NCCOc2ccc([N+](=O)[O-])cc2)c1. The topological polar surface area (TPSA) is 77.3 Å². The van der Waals surface area contributed by atoms with Crippen LogP contribution in [0.5, 0.6) is 5.75 Å². The molecule has 0 aliphatic heterocycles. The van der Waals surface area contributed by atoms with Gasteiger partial charge in [0.25, 0.3) is 5.69 Å². The summed E-state index contributed by atoms with van der Waals surface area (Å²) >= 11 is 0. The van der Waals surface area contributed by atoms with E-state index in [1.807, 2.05) is 26.0 Å². The van der Waals surface area contributed by atoms with Crippen molar-refractivity contribution >= 4 is 11.5 Å². The molecule has 0 fully saturated rings. The third-order valence-electron chi connectivity index (χ3n) is 2.82. The Morgan fingerprint density at radius 1 is 1.24 bits per heavy atom. The van der Waals surface area contributed by atoms with E-state index in [1.165, 1.54) is 12.1 Å². The maximum absolute atomic E-state index is 10.5. The number of pyridine rings is 1. The number of non-ortho nitro benzene ring substituents is 1. The van der Waals surface area contributed by atoms with Crippen LogP contribution < -0.4 is 10.1 Å². The fourth-order valence-corrected chi connectivity index (χ4v) is 1.94. The van der Waals surface area contributed by atoms with Crippen LogP contribution in [0.1, 0.15) is 11.3 Å². The van der Waals surface area contributed by atoms with Gasteiger partial charge in [0.1, 0.15) is 18.2 Å². The number of nitro groups is 1. The van der Waals surface area contributed by atoms with Gasteiger partial charge in [-0.05, 0) is 43.7 Å². The van der Waals surface area contributed by atoms with E-state index in [0.29, 0.717) is 18.9 Å². The molecule has 2 rings (SSSR count). The van der Waals surface area contributed by atoms with Gasteiger partial charge in [0.05, 0.1) is 11.5 Å². The van der Waals surface area contributed by atoms with Crippen molar-refractivity contribution in [2.24, 2.45) is 0 Å². The molecule has 0 saturated heterocycles. The molecular formula is C15H17N3O3. The van der Waals surface area contributed by atoms with Crippen LogP contribution >= 0.6 is 0 Å². The van der Waals surface area contributed by atoms with Gasteiger partial charge in [0, 0.05) is 17.8 Å². The molecule has 0 atom stereocenters. The molecule has 21 heavy (non-hydrogen) atoms. The highest BCUT2D eigenvalue weighted by Crippen LogP contribution is 2.17. The number of nitrogens with zero attached hydrogens (tertiary/aromatic N) is 2. The molecule has 0 aliphatic carbocycles. The van der Waals surface area contributed by atoms with Crippen molar-refractivity contribution in [3.05, 3.63) is 57.8 Å². The molecule has 0 aliphatic rings. The Balaban J connectivity index is 1.80. The molecule has 1 heterocycles. The van der Waals surface area contributed by atoms with Gasteiger partial charge in [-0.1, -0.05) is 0 Å². The molecule has 1 aromatic carbocycles. The lowest BCUT2D eigenvalue weighted by Crippen LogP contribution is -2.12. The molecule has 2 aromatic rings. The molecule has 0 unspecified atom stereocenters. The van der Waals surface area contributed by atoms with Crippen LogP contribution in [0.2, 0.25) is 0 Å². The molecule has 0 spiro atoms. The maximum atomic E-state index is 10.5. The lowest BCUT2D eigenvalue weighted by molar-refractivity contribution is -0.384. The fraction of sp³-hybridized carbons (Fsp3) is 0.267. The van der Waals surface area contributed by atoms with Crippen LogP contribution in [-0.4, -0.2) is 23.1 Å². The number of ether oxygens (including phenoxy) is 1. The minimum Gasteiger partial charge on any atom is -0.492 e. The fourth-order valence-electron chi connectivity index (χ4n) is 1.94. The van der Waals surface area contributed by atoms with Crippen molar-refractivity contribution in [2.45, 2.75) is 13.8 Å². The molecule has 110 valence electrons. The van der Waals surface area contributed by atoms with Crippen molar-refractivity contribution in [1.82, 2.24) is 4.98 Å². The quantitative estimate of drug-likeness (QED) is 0.502. The molecule has 1 aromatic heterocycles. The van der Waals surface area contributed by atoms with Crippen molar-refractivity contribution in [1.29, 1.82) is 0 Å². The van der Waals surface area contributed by atoms with E-state index in [9.17, 15) is 10.1 Å². The van der Waals surface area contributed by atoms with E-state index in [2.05, 4.69) is 10.3 Å². The number of nitrogens with one attached hydrogen (secondary N) is 1. The normalized spacial score (nSPS) is 10.2. The van der Waals surface area contributed by atoms with Gasteiger partial charge in [-0.15, -0.1) is 0 Å². The highest BCUT2D eigenvalue weighted by Gasteiger charge is 2.04. The first-order chi connectivity index (χ1) is 10.0. The smallest absolute Gasteiger partial charge is 0.269 e. The summed E-state index contributed by atoms with van der Waals surface area (Å²) in [5.74, 6) is 1.43. The van der Waals surface area contributed by atoms with Gasteiger partial charge in [-0.3, -0.25) is 10.1 Å². The van der Waals surface area contributed by atoms with E-state index in [1.54, 1.807) is 12.1 Å². The van der Waals surface area contributed by atoms with Crippen LogP contribution in [0.15, 0.2) is 36.4 Å². The highest BCUT2D eigenvalue weighted by molar-refractivity contribution is 5.39.